The summed E-state index contributed by atoms with van der Waals surface area (Å²) in [5.74, 6) is 0.665. The maximum absolute atomic E-state index is 12.7. The Hall–Kier alpha value is -1.71. The second-order valence-corrected chi connectivity index (χ2v) is 5.63. The van der Waals surface area contributed by atoms with Crippen LogP contribution >= 0.6 is 0 Å². The molecule has 1 aliphatic heterocycles. The molecule has 4 heteroatoms. The smallest absolute Gasteiger partial charge is 0.257 e. The summed E-state index contributed by atoms with van der Waals surface area (Å²) in [4.78, 5) is 14.6. The van der Waals surface area contributed by atoms with Crippen LogP contribution in [0.25, 0.3) is 0 Å². The van der Waals surface area contributed by atoms with Crippen molar-refractivity contribution >= 4 is 11.6 Å². The molecule has 110 valence electrons. The quantitative estimate of drug-likeness (QED) is 0.863. The molecule has 1 saturated heterocycles. The molecule has 1 heterocycles. The fourth-order valence-corrected chi connectivity index (χ4v) is 2.52. The number of anilines is 1. The molecule has 1 aromatic rings. The second-order valence-electron chi connectivity index (χ2n) is 5.63. The van der Waals surface area contributed by atoms with Crippen LogP contribution in [0.3, 0.4) is 0 Å². The summed E-state index contributed by atoms with van der Waals surface area (Å²) in [6, 6.07) is 5.29. The van der Waals surface area contributed by atoms with Gasteiger partial charge in [0.15, 0.2) is 0 Å². The second kappa shape index (κ2) is 6.64. The molecule has 0 aliphatic carbocycles. The zero-order valence-electron chi connectivity index (χ0n) is 12.4. The van der Waals surface area contributed by atoms with Gasteiger partial charge in [0.25, 0.3) is 5.91 Å². The number of nitrogens with zero attached hydrogens (tertiary/aromatic N) is 1. The minimum absolute atomic E-state index is 0.0364. The largest absolute Gasteiger partial charge is 0.490 e. The molecular weight excluding hydrogens is 252 g/mol. The van der Waals surface area contributed by atoms with E-state index in [1.54, 1.807) is 18.2 Å². The van der Waals surface area contributed by atoms with Gasteiger partial charge < -0.3 is 15.4 Å². The number of likely N-dealkylation sites (tertiary alicyclic amines) is 1. The van der Waals surface area contributed by atoms with Crippen LogP contribution in [0.5, 0.6) is 5.75 Å². The van der Waals surface area contributed by atoms with Crippen molar-refractivity contribution in [3.63, 3.8) is 0 Å². The number of hydrogen-bond donors (Lipinski definition) is 1. The summed E-state index contributed by atoms with van der Waals surface area (Å²) in [6.07, 6.45) is 4.60. The van der Waals surface area contributed by atoms with Gasteiger partial charge in [-0.05, 0) is 44.9 Å². The van der Waals surface area contributed by atoms with Crippen molar-refractivity contribution in [2.75, 3.05) is 18.8 Å². The Balaban J connectivity index is 2.24. The molecule has 2 N–H and O–H groups in total. The van der Waals surface area contributed by atoms with E-state index in [1.165, 1.54) is 12.8 Å². The van der Waals surface area contributed by atoms with Crippen LogP contribution in [-0.2, 0) is 0 Å². The zero-order chi connectivity index (χ0) is 14.5. The van der Waals surface area contributed by atoms with Crippen molar-refractivity contribution in [1.29, 1.82) is 0 Å². The van der Waals surface area contributed by atoms with Crippen LogP contribution in [0.4, 0.5) is 5.69 Å². The van der Waals surface area contributed by atoms with Gasteiger partial charge in [-0.3, -0.25) is 4.79 Å². The average Bonchev–Trinajstić information content (AvgIpc) is 2.68. The number of carbonyl (C=O) groups excluding carboxylic acids is 1. The van der Waals surface area contributed by atoms with Crippen LogP contribution in [0.2, 0.25) is 0 Å². The van der Waals surface area contributed by atoms with Crippen LogP contribution in [0, 0.1) is 0 Å². The minimum Gasteiger partial charge on any atom is -0.490 e. The van der Waals surface area contributed by atoms with Gasteiger partial charge in [-0.15, -0.1) is 0 Å². The third kappa shape index (κ3) is 3.65. The lowest BCUT2D eigenvalue weighted by atomic mass is 10.1. The van der Waals surface area contributed by atoms with Crippen LogP contribution in [0.1, 0.15) is 49.9 Å². The fourth-order valence-electron chi connectivity index (χ4n) is 2.52. The first-order valence-corrected chi connectivity index (χ1v) is 7.43. The number of rotatable bonds is 3. The van der Waals surface area contributed by atoms with Crippen molar-refractivity contribution in [2.45, 2.75) is 45.6 Å². The first-order valence-electron chi connectivity index (χ1n) is 7.43. The highest BCUT2D eigenvalue weighted by atomic mass is 16.5. The van der Waals surface area contributed by atoms with Gasteiger partial charge in [0.05, 0.1) is 11.7 Å². The molecule has 0 aromatic heterocycles. The molecule has 0 spiro atoms. The Morgan fingerprint density at radius 3 is 2.45 bits per heavy atom. The summed E-state index contributed by atoms with van der Waals surface area (Å²) >= 11 is 0. The number of amides is 1. The minimum atomic E-state index is 0.0364. The molecule has 20 heavy (non-hydrogen) atoms. The van der Waals surface area contributed by atoms with Gasteiger partial charge in [-0.2, -0.15) is 0 Å². The van der Waals surface area contributed by atoms with Crippen LogP contribution < -0.4 is 10.5 Å². The zero-order valence-corrected chi connectivity index (χ0v) is 12.4. The first kappa shape index (κ1) is 14.7. The van der Waals surface area contributed by atoms with Crippen LogP contribution in [-0.4, -0.2) is 30.0 Å². The Morgan fingerprint density at radius 2 is 1.85 bits per heavy atom. The highest BCUT2D eigenvalue weighted by Crippen LogP contribution is 2.25. The molecule has 0 saturated carbocycles. The molecule has 0 radical (unpaired) electrons. The molecule has 1 aromatic carbocycles. The van der Waals surface area contributed by atoms with E-state index in [0.717, 1.165) is 25.9 Å². The van der Waals surface area contributed by atoms with E-state index in [-0.39, 0.29) is 12.0 Å². The highest BCUT2D eigenvalue weighted by molar-refractivity contribution is 5.97. The molecule has 4 nitrogen and oxygen atoms in total. The van der Waals surface area contributed by atoms with Gasteiger partial charge in [0.1, 0.15) is 5.75 Å². The predicted molar refractivity (Wildman–Crippen MR) is 81.0 cm³/mol. The molecule has 0 unspecified atom stereocenters. The normalized spacial score (nSPS) is 16.1. The molecule has 1 amide bonds. The van der Waals surface area contributed by atoms with E-state index < -0.39 is 0 Å². The first-order chi connectivity index (χ1) is 9.58. The Morgan fingerprint density at radius 1 is 1.20 bits per heavy atom. The van der Waals surface area contributed by atoms with Gasteiger partial charge in [-0.1, -0.05) is 12.8 Å². The number of nitrogen functional groups attached to an aromatic ring is 1. The predicted octanol–water partition coefficient (Wildman–Crippen LogP) is 3.07. The van der Waals surface area contributed by atoms with E-state index in [1.807, 2.05) is 18.7 Å². The van der Waals surface area contributed by atoms with Gasteiger partial charge >= 0.3 is 0 Å². The van der Waals surface area contributed by atoms with Gasteiger partial charge in [0, 0.05) is 18.8 Å². The number of carbonyl (C=O) groups is 1. The number of benzene rings is 1. The SMILES string of the molecule is CC(C)Oc1ccc(N)cc1C(=O)N1CCCCCC1. The van der Waals surface area contributed by atoms with E-state index in [9.17, 15) is 4.79 Å². The lowest BCUT2D eigenvalue weighted by Gasteiger charge is -2.22. The molecule has 0 atom stereocenters. The van der Waals surface area contributed by atoms with Crippen molar-refractivity contribution in [1.82, 2.24) is 4.90 Å². The molecule has 1 fully saturated rings. The lowest BCUT2D eigenvalue weighted by molar-refractivity contribution is 0.0755. The molecular formula is C16H24N2O2. The average molecular weight is 276 g/mol. The summed E-state index contributed by atoms with van der Waals surface area (Å²) in [7, 11) is 0. The van der Waals surface area contributed by atoms with E-state index in [4.69, 9.17) is 10.5 Å². The monoisotopic (exact) mass is 276 g/mol. The van der Waals surface area contributed by atoms with Gasteiger partial charge in [0.2, 0.25) is 0 Å². The topological polar surface area (TPSA) is 55.6 Å². The van der Waals surface area contributed by atoms with E-state index in [2.05, 4.69) is 0 Å². The van der Waals surface area contributed by atoms with Crippen molar-refractivity contribution in [3.8, 4) is 5.75 Å². The number of hydrogen-bond acceptors (Lipinski definition) is 3. The van der Waals surface area contributed by atoms with E-state index >= 15 is 0 Å². The number of nitrogens with two attached hydrogens (primary N) is 1. The third-order valence-corrected chi connectivity index (χ3v) is 3.49. The van der Waals surface area contributed by atoms with Crippen LogP contribution in [0.15, 0.2) is 18.2 Å². The van der Waals surface area contributed by atoms with Crippen molar-refractivity contribution in [2.24, 2.45) is 0 Å². The number of ether oxygens (including phenoxy) is 1. The van der Waals surface area contributed by atoms with Gasteiger partial charge in [-0.25, -0.2) is 0 Å². The maximum Gasteiger partial charge on any atom is 0.257 e. The highest BCUT2D eigenvalue weighted by Gasteiger charge is 2.21. The van der Waals surface area contributed by atoms with Crippen molar-refractivity contribution in [3.05, 3.63) is 23.8 Å². The summed E-state index contributed by atoms with van der Waals surface area (Å²) in [6.45, 7) is 5.57. The fraction of sp³-hybridized carbons (Fsp3) is 0.562. The molecule has 0 bridgehead atoms. The summed E-state index contributed by atoms with van der Waals surface area (Å²) in [5.41, 5.74) is 7.01. The lowest BCUT2D eigenvalue weighted by Crippen LogP contribution is -2.32. The standard InChI is InChI=1S/C16H24N2O2/c1-12(2)20-15-8-7-13(17)11-14(15)16(19)18-9-5-3-4-6-10-18/h7-8,11-12H,3-6,9-10,17H2,1-2H3. The summed E-state index contributed by atoms with van der Waals surface area (Å²) < 4.78 is 5.74. The molecule has 1 aliphatic rings. The maximum atomic E-state index is 12.7. The Kier molecular flexibility index (Phi) is 4.88. The third-order valence-electron chi connectivity index (χ3n) is 3.49. The van der Waals surface area contributed by atoms with E-state index in [0.29, 0.717) is 17.0 Å². The molecule has 2 rings (SSSR count). The Bertz CT molecular complexity index is 464. The Labute approximate surface area is 120 Å². The van der Waals surface area contributed by atoms with Crippen molar-refractivity contribution < 1.29 is 9.53 Å². The summed E-state index contributed by atoms with van der Waals surface area (Å²) in [5, 5.41) is 0.